The normalized spacial score (nSPS) is 13.4. The van der Waals surface area contributed by atoms with Crippen LogP contribution in [-0.2, 0) is 0 Å². The van der Waals surface area contributed by atoms with Crippen LogP contribution in [0.15, 0.2) is 16.9 Å². The Kier molecular flexibility index (Phi) is 2.49. The Hall–Kier alpha value is -0.980. The van der Waals surface area contributed by atoms with Crippen LogP contribution in [0, 0.1) is 0 Å². The average molecular weight is 257 g/mol. The number of halogens is 1. The van der Waals surface area contributed by atoms with E-state index in [1.54, 1.807) is 12.4 Å². The first-order valence-electron chi connectivity index (χ1n) is 4.08. The third-order valence-corrected chi connectivity index (χ3v) is 2.50. The van der Waals surface area contributed by atoms with Gasteiger partial charge in [0.25, 0.3) is 0 Å². The van der Waals surface area contributed by atoms with Gasteiger partial charge in [-0.25, -0.2) is 4.98 Å². The molecule has 0 aromatic carbocycles. The van der Waals surface area contributed by atoms with Crippen molar-refractivity contribution < 1.29 is 5.11 Å². The lowest BCUT2D eigenvalue weighted by Crippen LogP contribution is -2.15. The maximum Gasteiger partial charge on any atom is 0.126 e. The van der Waals surface area contributed by atoms with Crippen LogP contribution in [-0.4, -0.2) is 26.7 Å². The van der Waals surface area contributed by atoms with E-state index in [2.05, 4.69) is 30.9 Å². The fourth-order valence-electron chi connectivity index (χ4n) is 1.18. The van der Waals surface area contributed by atoms with E-state index < -0.39 is 6.04 Å². The van der Waals surface area contributed by atoms with Gasteiger partial charge in [-0.2, -0.15) is 0 Å². The Labute approximate surface area is 88.5 Å². The Morgan fingerprint density at radius 3 is 3.00 bits per heavy atom. The lowest BCUT2D eigenvalue weighted by molar-refractivity contribution is 0.264. The van der Waals surface area contributed by atoms with E-state index in [-0.39, 0.29) is 6.61 Å². The van der Waals surface area contributed by atoms with Gasteiger partial charge < -0.3 is 15.8 Å². The van der Waals surface area contributed by atoms with Crippen molar-refractivity contribution in [2.75, 3.05) is 6.61 Å². The molecule has 0 bridgehead atoms. The minimum absolute atomic E-state index is 0.134. The van der Waals surface area contributed by atoms with Crippen molar-refractivity contribution in [2.45, 2.75) is 6.04 Å². The molecule has 1 atom stereocenters. The fourth-order valence-corrected chi connectivity index (χ4v) is 1.60. The zero-order chi connectivity index (χ0) is 10.1. The maximum atomic E-state index is 8.87. The SMILES string of the molecule is NC(CO)c1nc2c(Br)cncc2[nH]1. The number of nitrogens with two attached hydrogens (primary N) is 1. The monoisotopic (exact) mass is 256 g/mol. The van der Waals surface area contributed by atoms with Crippen LogP contribution in [0.3, 0.4) is 0 Å². The quantitative estimate of drug-likeness (QED) is 0.739. The molecule has 0 fully saturated rings. The number of pyridine rings is 1. The molecule has 0 aliphatic heterocycles. The summed E-state index contributed by atoms with van der Waals surface area (Å²) in [5.74, 6) is 0.566. The van der Waals surface area contributed by atoms with Crippen molar-refractivity contribution in [3.8, 4) is 0 Å². The predicted octanol–water partition coefficient (Wildman–Crippen LogP) is 0.712. The molecular formula is C8H9BrN4O. The average Bonchev–Trinajstić information content (AvgIpc) is 2.62. The second-order valence-corrected chi connectivity index (χ2v) is 3.78. The van der Waals surface area contributed by atoms with E-state index in [0.717, 1.165) is 15.5 Å². The van der Waals surface area contributed by atoms with Gasteiger partial charge in [-0.15, -0.1) is 0 Å². The van der Waals surface area contributed by atoms with Crippen LogP contribution in [0.5, 0.6) is 0 Å². The molecule has 0 amide bonds. The first kappa shape index (κ1) is 9.57. The topological polar surface area (TPSA) is 87.8 Å². The van der Waals surface area contributed by atoms with Crippen LogP contribution in [0.2, 0.25) is 0 Å². The third kappa shape index (κ3) is 1.52. The predicted molar refractivity (Wildman–Crippen MR) is 55.6 cm³/mol. The molecule has 0 spiro atoms. The molecule has 0 saturated carbocycles. The molecule has 0 aliphatic rings. The van der Waals surface area contributed by atoms with Gasteiger partial charge in [-0.05, 0) is 15.9 Å². The number of aromatic amines is 1. The first-order chi connectivity index (χ1) is 6.72. The van der Waals surface area contributed by atoms with Crippen molar-refractivity contribution in [2.24, 2.45) is 5.73 Å². The van der Waals surface area contributed by atoms with Crippen molar-refractivity contribution >= 4 is 27.0 Å². The van der Waals surface area contributed by atoms with Gasteiger partial charge in [0.05, 0.1) is 28.8 Å². The van der Waals surface area contributed by atoms with E-state index in [1.807, 2.05) is 0 Å². The van der Waals surface area contributed by atoms with Gasteiger partial charge in [0.1, 0.15) is 11.3 Å². The number of hydrogen-bond acceptors (Lipinski definition) is 4. The van der Waals surface area contributed by atoms with Crippen molar-refractivity contribution in [3.63, 3.8) is 0 Å². The Morgan fingerprint density at radius 1 is 1.57 bits per heavy atom. The number of imidazole rings is 1. The van der Waals surface area contributed by atoms with Crippen LogP contribution in [0.25, 0.3) is 11.0 Å². The van der Waals surface area contributed by atoms with E-state index in [1.165, 1.54) is 0 Å². The number of hydrogen-bond donors (Lipinski definition) is 3. The van der Waals surface area contributed by atoms with Crippen LogP contribution >= 0.6 is 15.9 Å². The summed E-state index contributed by atoms with van der Waals surface area (Å²) < 4.78 is 0.808. The number of aliphatic hydroxyl groups excluding tert-OH is 1. The zero-order valence-electron chi connectivity index (χ0n) is 7.24. The molecular weight excluding hydrogens is 248 g/mol. The minimum atomic E-state index is -0.478. The Balaban J connectivity index is 2.56. The zero-order valence-corrected chi connectivity index (χ0v) is 8.82. The number of nitrogens with zero attached hydrogens (tertiary/aromatic N) is 2. The van der Waals surface area contributed by atoms with Gasteiger partial charge in [-0.3, -0.25) is 4.98 Å². The van der Waals surface area contributed by atoms with E-state index in [0.29, 0.717) is 5.82 Å². The van der Waals surface area contributed by atoms with Gasteiger partial charge in [0.2, 0.25) is 0 Å². The standard InChI is InChI=1S/C8H9BrN4O/c9-4-1-11-2-6-7(4)13-8(12-6)5(10)3-14/h1-2,5,14H,3,10H2,(H,12,13). The first-order valence-corrected chi connectivity index (χ1v) is 4.87. The van der Waals surface area contributed by atoms with Gasteiger partial charge in [0.15, 0.2) is 0 Å². The number of fused-ring (bicyclic) bond motifs is 1. The second kappa shape index (κ2) is 3.64. The van der Waals surface area contributed by atoms with E-state index in [9.17, 15) is 0 Å². The molecule has 0 aliphatic carbocycles. The summed E-state index contributed by atoms with van der Waals surface area (Å²) in [6.45, 7) is -0.134. The van der Waals surface area contributed by atoms with Crippen molar-refractivity contribution in [3.05, 3.63) is 22.7 Å². The lowest BCUT2D eigenvalue weighted by Gasteiger charge is -2.01. The highest BCUT2D eigenvalue weighted by Crippen LogP contribution is 2.21. The molecule has 2 aromatic rings. The molecule has 2 heterocycles. The lowest BCUT2D eigenvalue weighted by atomic mass is 10.3. The van der Waals surface area contributed by atoms with Gasteiger partial charge in [0, 0.05) is 6.20 Å². The third-order valence-electron chi connectivity index (χ3n) is 1.92. The Morgan fingerprint density at radius 2 is 2.36 bits per heavy atom. The molecule has 0 radical (unpaired) electrons. The van der Waals surface area contributed by atoms with Gasteiger partial charge >= 0.3 is 0 Å². The van der Waals surface area contributed by atoms with Crippen molar-refractivity contribution in [1.29, 1.82) is 0 Å². The Bertz CT molecular complexity index is 456. The van der Waals surface area contributed by atoms with Crippen LogP contribution in [0.4, 0.5) is 0 Å². The second-order valence-electron chi connectivity index (χ2n) is 2.93. The summed E-state index contributed by atoms with van der Waals surface area (Å²) in [7, 11) is 0. The maximum absolute atomic E-state index is 8.87. The van der Waals surface area contributed by atoms with Crippen LogP contribution in [0.1, 0.15) is 11.9 Å². The molecule has 1 unspecified atom stereocenters. The molecule has 14 heavy (non-hydrogen) atoms. The number of aliphatic hydroxyl groups is 1. The molecule has 2 aromatic heterocycles. The summed E-state index contributed by atoms with van der Waals surface area (Å²) in [5, 5.41) is 8.87. The largest absolute Gasteiger partial charge is 0.394 e. The number of rotatable bonds is 2. The van der Waals surface area contributed by atoms with Crippen LogP contribution < -0.4 is 5.73 Å². The highest BCUT2D eigenvalue weighted by atomic mass is 79.9. The summed E-state index contributed by atoms with van der Waals surface area (Å²) in [4.78, 5) is 11.2. The smallest absolute Gasteiger partial charge is 0.126 e. The number of nitrogens with one attached hydrogen (secondary N) is 1. The summed E-state index contributed by atoms with van der Waals surface area (Å²) in [5.41, 5.74) is 7.21. The van der Waals surface area contributed by atoms with E-state index >= 15 is 0 Å². The van der Waals surface area contributed by atoms with Gasteiger partial charge in [-0.1, -0.05) is 0 Å². The van der Waals surface area contributed by atoms with E-state index in [4.69, 9.17) is 10.8 Å². The highest BCUT2D eigenvalue weighted by molar-refractivity contribution is 9.10. The summed E-state index contributed by atoms with van der Waals surface area (Å²) in [6, 6.07) is -0.478. The number of H-pyrrole nitrogens is 1. The minimum Gasteiger partial charge on any atom is -0.394 e. The summed E-state index contributed by atoms with van der Waals surface area (Å²) >= 11 is 3.33. The molecule has 74 valence electrons. The number of aromatic nitrogens is 3. The fraction of sp³-hybridized carbons (Fsp3) is 0.250. The highest BCUT2D eigenvalue weighted by Gasteiger charge is 2.11. The molecule has 6 heteroatoms. The van der Waals surface area contributed by atoms with Crippen molar-refractivity contribution in [1.82, 2.24) is 15.0 Å². The molecule has 4 N–H and O–H groups in total. The summed E-state index contributed by atoms with van der Waals surface area (Å²) in [6.07, 6.45) is 3.33. The molecule has 5 nitrogen and oxygen atoms in total. The molecule has 0 saturated heterocycles. The molecule has 2 rings (SSSR count).